The number of hydrogen-bond acceptors (Lipinski definition) is 8. The van der Waals surface area contributed by atoms with Crippen molar-refractivity contribution >= 4 is 35.2 Å². The van der Waals surface area contributed by atoms with Crippen LogP contribution in [0.3, 0.4) is 0 Å². The number of allylic oxidation sites excluding steroid dienone is 1. The van der Waals surface area contributed by atoms with Gasteiger partial charge in [-0.2, -0.15) is 0 Å². The van der Waals surface area contributed by atoms with Gasteiger partial charge in [0.25, 0.3) is 11.1 Å². The summed E-state index contributed by atoms with van der Waals surface area (Å²) in [6, 6.07) is 2.61. The summed E-state index contributed by atoms with van der Waals surface area (Å²) in [7, 11) is 0. The lowest BCUT2D eigenvalue weighted by atomic mass is 10.1. The van der Waals surface area contributed by atoms with Crippen LogP contribution in [0.2, 0.25) is 10.0 Å². The Labute approximate surface area is 239 Å². The van der Waals surface area contributed by atoms with Crippen LogP contribution in [0.15, 0.2) is 63.2 Å². The fraction of sp³-hybridized carbons (Fsp3) is 0.296. The summed E-state index contributed by atoms with van der Waals surface area (Å²) in [6.07, 6.45) is 7.06. The first kappa shape index (κ1) is 30.9. The summed E-state index contributed by atoms with van der Waals surface area (Å²) in [5, 5.41) is 20.0. The van der Waals surface area contributed by atoms with Crippen LogP contribution in [-0.4, -0.2) is 41.3 Å². The van der Waals surface area contributed by atoms with Gasteiger partial charge in [-0.1, -0.05) is 23.2 Å². The van der Waals surface area contributed by atoms with Crippen LogP contribution >= 0.6 is 23.2 Å². The molecule has 0 aliphatic heterocycles. The quantitative estimate of drug-likeness (QED) is 0.298. The minimum Gasteiger partial charge on any atom is -0.485 e. The van der Waals surface area contributed by atoms with Gasteiger partial charge in [-0.3, -0.25) is 28.7 Å². The largest absolute Gasteiger partial charge is 0.485 e. The van der Waals surface area contributed by atoms with Crippen molar-refractivity contribution in [1.82, 2.24) is 19.1 Å². The van der Waals surface area contributed by atoms with E-state index in [2.05, 4.69) is 15.0 Å². The number of pyridine rings is 2. The van der Waals surface area contributed by atoms with Gasteiger partial charge in [-0.25, -0.2) is 9.38 Å². The monoisotopic (exact) mass is 591 g/mol. The number of nitrogens with zero attached hydrogens (tertiary/aromatic N) is 5. The van der Waals surface area contributed by atoms with Gasteiger partial charge in [0.2, 0.25) is 0 Å². The SMILES string of the molecule is C/C(=C/N=C(/C=C/n1c(C)cc(OCc2ncc(F)cc2Cl)c(Cl)c1=O)n1ccnc(C(C)(C)O)c1=O)[C@H](C)O. The van der Waals surface area contributed by atoms with E-state index in [1.54, 1.807) is 20.8 Å². The van der Waals surface area contributed by atoms with Gasteiger partial charge in [-0.15, -0.1) is 0 Å². The number of rotatable bonds is 8. The van der Waals surface area contributed by atoms with Gasteiger partial charge in [-0.05, 0) is 52.3 Å². The Morgan fingerprint density at radius 1 is 1.25 bits per heavy atom. The smallest absolute Gasteiger partial charge is 0.280 e. The second-order valence-corrected chi connectivity index (χ2v) is 10.2. The molecule has 212 valence electrons. The third kappa shape index (κ3) is 7.30. The molecule has 0 radical (unpaired) electrons. The second-order valence-electron chi connectivity index (χ2n) is 9.37. The predicted molar refractivity (Wildman–Crippen MR) is 151 cm³/mol. The van der Waals surface area contributed by atoms with E-state index >= 15 is 0 Å². The van der Waals surface area contributed by atoms with Crippen molar-refractivity contribution in [2.45, 2.75) is 52.9 Å². The second kappa shape index (κ2) is 12.7. The summed E-state index contributed by atoms with van der Waals surface area (Å²) in [5.74, 6) is -0.458. The highest BCUT2D eigenvalue weighted by molar-refractivity contribution is 6.32. The molecule has 0 saturated heterocycles. The molecule has 0 aliphatic carbocycles. The molecule has 2 N–H and O–H groups in total. The van der Waals surface area contributed by atoms with Crippen LogP contribution in [0, 0.1) is 12.7 Å². The van der Waals surface area contributed by atoms with Crippen LogP contribution in [0.4, 0.5) is 4.39 Å². The van der Waals surface area contributed by atoms with Crippen LogP contribution in [-0.2, 0) is 12.2 Å². The fourth-order valence-corrected chi connectivity index (χ4v) is 3.70. The average molecular weight is 592 g/mol. The van der Waals surface area contributed by atoms with Crippen molar-refractivity contribution in [2.75, 3.05) is 0 Å². The Bertz CT molecular complexity index is 1620. The number of aliphatic hydroxyl groups is 2. The number of aryl methyl sites for hydroxylation is 1. The van der Waals surface area contributed by atoms with Crippen LogP contribution in [0.1, 0.15) is 44.8 Å². The first-order valence-corrected chi connectivity index (χ1v) is 12.7. The van der Waals surface area contributed by atoms with E-state index in [0.717, 1.165) is 16.8 Å². The van der Waals surface area contributed by atoms with Crippen molar-refractivity contribution in [3.8, 4) is 5.75 Å². The first-order valence-electron chi connectivity index (χ1n) is 12.0. The molecule has 0 aromatic carbocycles. The highest BCUT2D eigenvalue weighted by Gasteiger charge is 2.23. The van der Waals surface area contributed by atoms with E-state index in [4.69, 9.17) is 27.9 Å². The van der Waals surface area contributed by atoms with E-state index < -0.39 is 28.6 Å². The maximum absolute atomic E-state index is 13.3. The molecule has 3 aromatic heterocycles. The Morgan fingerprint density at radius 3 is 2.58 bits per heavy atom. The lowest BCUT2D eigenvalue weighted by Crippen LogP contribution is -2.35. The van der Waals surface area contributed by atoms with Crippen molar-refractivity contribution in [1.29, 1.82) is 0 Å². The third-order valence-electron chi connectivity index (χ3n) is 5.69. The van der Waals surface area contributed by atoms with Crippen molar-refractivity contribution in [2.24, 2.45) is 4.99 Å². The number of aliphatic hydroxyl groups excluding tert-OH is 1. The first-order chi connectivity index (χ1) is 18.7. The molecule has 40 heavy (non-hydrogen) atoms. The van der Waals surface area contributed by atoms with Crippen LogP contribution in [0.5, 0.6) is 5.75 Å². The van der Waals surface area contributed by atoms with E-state index in [0.29, 0.717) is 11.3 Å². The standard InChI is InChI=1S/C27H28Cl2FN5O5/c1-15(17(3)36)12-33-22(35-9-7-31-24(26(35)38)27(4,5)39)6-8-34-16(2)10-21(23(29)25(34)37)40-14-20-19(28)11-18(30)13-32-20/h6-13,17,36,39H,14H2,1-5H3/b8-6+,15-12-,33-22-/t17-/m0/s1. The lowest BCUT2D eigenvalue weighted by molar-refractivity contribution is 0.0719. The average Bonchev–Trinajstić information content (AvgIpc) is 2.87. The van der Waals surface area contributed by atoms with E-state index in [-0.39, 0.29) is 39.6 Å². The molecule has 0 spiro atoms. The van der Waals surface area contributed by atoms with Gasteiger partial charge < -0.3 is 14.9 Å². The van der Waals surface area contributed by atoms with E-state index in [1.807, 2.05) is 0 Å². The van der Waals surface area contributed by atoms with Crippen LogP contribution in [0.25, 0.3) is 6.20 Å². The molecule has 13 heteroatoms. The molecule has 0 aliphatic rings. The number of aromatic nitrogens is 4. The zero-order valence-corrected chi connectivity index (χ0v) is 23.9. The van der Waals surface area contributed by atoms with Gasteiger partial charge in [0.1, 0.15) is 40.3 Å². The van der Waals surface area contributed by atoms with Gasteiger partial charge in [0.05, 0.1) is 23.0 Å². The zero-order chi connectivity index (χ0) is 29.8. The zero-order valence-electron chi connectivity index (χ0n) is 22.4. The van der Waals surface area contributed by atoms with Gasteiger partial charge in [0.15, 0.2) is 0 Å². The fourth-order valence-electron chi connectivity index (χ4n) is 3.29. The highest BCUT2D eigenvalue weighted by Crippen LogP contribution is 2.24. The molecule has 0 saturated carbocycles. The normalized spacial score (nSPS) is 13.7. The van der Waals surface area contributed by atoms with Gasteiger partial charge >= 0.3 is 0 Å². The molecule has 0 amide bonds. The Kier molecular flexibility index (Phi) is 9.80. The maximum Gasteiger partial charge on any atom is 0.280 e. The molecule has 3 rings (SSSR count). The van der Waals surface area contributed by atoms with Crippen molar-refractivity contribution in [3.05, 3.63) is 102 Å². The topological polar surface area (TPSA) is 132 Å². The number of ether oxygens (including phenoxy) is 1. The molecule has 0 bridgehead atoms. The Balaban J connectivity index is 2.03. The summed E-state index contributed by atoms with van der Waals surface area (Å²) < 4.78 is 21.3. The van der Waals surface area contributed by atoms with Crippen molar-refractivity contribution in [3.63, 3.8) is 0 Å². The highest BCUT2D eigenvalue weighted by atomic mass is 35.5. The lowest BCUT2D eigenvalue weighted by Gasteiger charge is -2.17. The van der Waals surface area contributed by atoms with Crippen LogP contribution < -0.4 is 15.9 Å². The minimum atomic E-state index is -1.52. The molecule has 1 atom stereocenters. The molecule has 3 heterocycles. The van der Waals surface area contributed by atoms with E-state index in [9.17, 15) is 24.2 Å². The molecule has 0 fully saturated rings. The minimum absolute atomic E-state index is 0.0647. The van der Waals surface area contributed by atoms with E-state index in [1.165, 1.54) is 55.4 Å². The Hall–Kier alpha value is -3.64. The summed E-state index contributed by atoms with van der Waals surface area (Å²) in [6.45, 7) is 7.57. The maximum atomic E-state index is 13.3. The number of halogens is 3. The molecule has 10 nitrogen and oxygen atoms in total. The molecular weight excluding hydrogens is 564 g/mol. The number of aliphatic imine (C=N–C) groups is 1. The molecular formula is C27H28Cl2FN5O5. The summed E-state index contributed by atoms with van der Waals surface area (Å²) >= 11 is 12.3. The number of hydrogen-bond donors (Lipinski definition) is 2. The molecule has 3 aromatic rings. The summed E-state index contributed by atoms with van der Waals surface area (Å²) in [5.41, 5.74) is -1.68. The summed E-state index contributed by atoms with van der Waals surface area (Å²) in [4.78, 5) is 38.4. The predicted octanol–water partition coefficient (Wildman–Crippen LogP) is 4.06. The Morgan fingerprint density at radius 2 is 1.95 bits per heavy atom. The van der Waals surface area contributed by atoms with Gasteiger partial charge in [0, 0.05) is 36.6 Å². The third-order valence-corrected chi connectivity index (χ3v) is 6.37. The molecule has 0 unspecified atom stereocenters. The van der Waals surface area contributed by atoms with Crippen molar-refractivity contribution < 1.29 is 19.3 Å².